The predicted molar refractivity (Wildman–Crippen MR) is 67.6 cm³/mol. The van der Waals surface area contributed by atoms with E-state index in [0.29, 0.717) is 5.92 Å². The number of alkyl halides is 1. The van der Waals surface area contributed by atoms with Crippen LogP contribution in [0.15, 0.2) is 23.1 Å². The molecule has 0 N–H and O–H groups in total. The SMILES string of the molecule is CCCC(CBr)Cn1ccc(C)cc1=O. The number of aryl methyl sites for hydroxylation is 1. The van der Waals surface area contributed by atoms with E-state index in [1.54, 1.807) is 10.6 Å². The lowest BCUT2D eigenvalue weighted by Crippen LogP contribution is -2.23. The van der Waals surface area contributed by atoms with Crippen molar-refractivity contribution in [3.63, 3.8) is 0 Å². The van der Waals surface area contributed by atoms with Gasteiger partial charge < -0.3 is 4.57 Å². The number of nitrogens with zero attached hydrogens (tertiary/aromatic N) is 1. The van der Waals surface area contributed by atoms with E-state index in [0.717, 1.165) is 30.3 Å². The van der Waals surface area contributed by atoms with E-state index in [9.17, 15) is 4.79 Å². The third-order valence-corrected chi connectivity index (χ3v) is 3.44. The van der Waals surface area contributed by atoms with Crippen LogP contribution in [0.25, 0.3) is 0 Å². The quantitative estimate of drug-likeness (QED) is 0.755. The molecule has 0 spiro atoms. The molecule has 0 fully saturated rings. The highest BCUT2D eigenvalue weighted by Crippen LogP contribution is 2.11. The van der Waals surface area contributed by atoms with Crippen LogP contribution in [-0.2, 0) is 6.54 Å². The molecule has 0 saturated heterocycles. The molecule has 0 radical (unpaired) electrons. The van der Waals surface area contributed by atoms with Crippen molar-refractivity contribution in [1.82, 2.24) is 4.57 Å². The van der Waals surface area contributed by atoms with Gasteiger partial charge in [0.05, 0.1) is 0 Å². The predicted octanol–water partition coefficient (Wildman–Crippen LogP) is 2.97. The van der Waals surface area contributed by atoms with Crippen LogP contribution < -0.4 is 5.56 Å². The van der Waals surface area contributed by atoms with Crippen molar-refractivity contribution in [2.75, 3.05) is 5.33 Å². The van der Waals surface area contributed by atoms with Crippen molar-refractivity contribution < 1.29 is 0 Å². The average Bonchev–Trinajstić information content (AvgIpc) is 2.21. The molecule has 0 aromatic carbocycles. The summed E-state index contributed by atoms with van der Waals surface area (Å²) in [5.41, 5.74) is 1.14. The molecular formula is C12H18BrNO. The van der Waals surface area contributed by atoms with Crippen molar-refractivity contribution in [3.8, 4) is 0 Å². The Balaban J connectivity index is 2.75. The Morgan fingerprint density at radius 1 is 1.53 bits per heavy atom. The van der Waals surface area contributed by atoms with E-state index in [1.807, 2.05) is 19.2 Å². The van der Waals surface area contributed by atoms with Crippen LogP contribution in [0.1, 0.15) is 25.3 Å². The molecule has 1 atom stereocenters. The van der Waals surface area contributed by atoms with Crippen molar-refractivity contribution >= 4 is 15.9 Å². The molecular weight excluding hydrogens is 254 g/mol. The van der Waals surface area contributed by atoms with E-state index in [2.05, 4.69) is 22.9 Å². The second-order valence-corrected chi connectivity index (χ2v) is 4.65. The fourth-order valence-electron chi connectivity index (χ4n) is 1.66. The standard InChI is InChI=1S/C12H18BrNO/c1-3-4-11(8-13)9-14-6-5-10(2)7-12(14)15/h5-7,11H,3-4,8-9H2,1-2H3. The molecule has 0 aliphatic heterocycles. The van der Waals surface area contributed by atoms with Gasteiger partial charge in [-0.05, 0) is 30.9 Å². The van der Waals surface area contributed by atoms with Gasteiger partial charge in [-0.3, -0.25) is 4.79 Å². The topological polar surface area (TPSA) is 22.0 Å². The van der Waals surface area contributed by atoms with Gasteiger partial charge in [0.1, 0.15) is 0 Å². The third-order valence-electron chi connectivity index (χ3n) is 2.52. The summed E-state index contributed by atoms with van der Waals surface area (Å²) in [6, 6.07) is 3.68. The van der Waals surface area contributed by atoms with Crippen molar-refractivity contribution in [2.45, 2.75) is 33.2 Å². The van der Waals surface area contributed by atoms with Gasteiger partial charge in [-0.15, -0.1) is 0 Å². The van der Waals surface area contributed by atoms with Crippen molar-refractivity contribution in [2.24, 2.45) is 5.92 Å². The molecule has 1 aromatic heterocycles. The molecule has 1 heterocycles. The fraction of sp³-hybridized carbons (Fsp3) is 0.583. The highest BCUT2D eigenvalue weighted by Gasteiger charge is 2.07. The maximum absolute atomic E-state index is 11.6. The van der Waals surface area contributed by atoms with Gasteiger partial charge in [0.25, 0.3) is 5.56 Å². The Morgan fingerprint density at radius 3 is 2.80 bits per heavy atom. The highest BCUT2D eigenvalue weighted by atomic mass is 79.9. The largest absolute Gasteiger partial charge is 0.315 e. The zero-order valence-corrected chi connectivity index (χ0v) is 11.0. The molecule has 15 heavy (non-hydrogen) atoms. The molecule has 1 unspecified atom stereocenters. The smallest absolute Gasteiger partial charge is 0.250 e. The van der Waals surface area contributed by atoms with E-state index >= 15 is 0 Å². The Bertz CT molecular complexity index is 359. The Hall–Kier alpha value is -0.570. The normalized spacial score (nSPS) is 12.7. The molecule has 0 bridgehead atoms. The number of hydrogen-bond acceptors (Lipinski definition) is 1. The fourth-order valence-corrected chi connectivity index (χ4v) is 2.19. The van der Waals surface area contributed by atoms with Gasteiger partial charge in [0, 0.05) is 24.1 Å². The summed E-state index contributed by atoms with van der Waals surface area (Å²) in [4.78, 5) is 11.6. The number of halogens is 1. The minimum atomic E-state index is 0.108. The number of aromatic nitrogens is 1. The van der Waals surface area contributed by atoms with Gasteiger partial charge in [0.15, 0.2) is 0 Å². The van der Waals surface area contributed by atoms with Crippen LogP contribution in [0.4, 0.5) is 0 Å². The Labute approximate surface area is 99.4 Å². The molecule has 1 aromatic rings. The Kier molecular flexibility index (Phi) is 5.09. The number of hydrogen-bond donors (Lipinski definition) is 0. The number of rotatable bonds is 5. The van der Waals surface area contributed by atoms with Crippen LogP contribution >= 0.6 is 15.9 Å². The molecule has 0 aliphatic carbocycles. The molecule has 84 valence electrons. The first-order chi connectivity index (χ1) is 7.17. The minimum Gasteiger partial charge on any atom is -0.315 e. The third kappa shape index (κ3) is 3.82. The van der Waals surface area contributed by atoms with Gasteiger partial charge in [-0.25, -0.2) is 0 Å². The summed E-state index contributed by atoms with van der Waals surface area (Å²) in [6.07, 6.45) is 4.21. The van der Waals surface area contributed by atoms with Crippen LogP contribution in [0.2, 0.25) is 0 Å². The second kappa shape index (κ2) is 6.11. The van der Waals surface area contributed by atoms with Crippen molar-refractivity contribution in [1.29, 1.82) is 0 Å². The minimum absolute atomic E-state index is 0.108. The summed E-state index contributed by atoms with van der Waals surface area (Å²) >= 11 is 3.50. The van der Waals surface area contributed by atoms with Crippen LogP contribution in [-0.4, -0.2) is 9.90 Å². The summed E-state index contributed by atoms with van der Waals surface area (Å²) in [5.74, 6) is 0.551. The zero-order valence-electron chi connectivity index (χ0n) is 9.37. The van der Waals surface area contributed by atoms with E-state index in [-0.39, 0.29) is 5.56 Å². The average molecular weight is 272 g/mol. The maximum Gasteiger partial charge on any atom is 0.250 e. The van der Waals surface area contributed by atoms with Crippen LogP contribution in [0, 0.1) is 12.8 Å². The monoisotopic (exact) mass is 271 g/mol. The van der Waals surface area contributed by atoms with E-state index in [1.165, 1.54) is 0 Å². The zero-order chi connectivity index (χ0) is 11.3. The Morgan fingerprint density at radius 2 is 2.27 bits per heavy atom. The second-order valence-electron chi connectivity index (χ2n) is 4.00. The first-order valence-electron chi connectivity index (χ1n) is 5.40. The van der Waals surface area contributed by atoms with Gasteiger partial charge >= 0.3 is 0 Å². The van der Waals surface area contributed by atoms with Crippen LogP contribution in [0.5, 0.6) is 0 Å². The lowest BCUT2D eigenvalue weighted by molar-refractivity contribution is 0.447. The summed E-state index contributed by atoms with van der Waals surface area (Å²) in [7, 11) is 0. The maximum atomic E-state index is 11.6. The van der Waals surface area contributed by atoms with Gasteiger partial charge in [-0.1, -0.05) is 29.3 Å². The molecule has 3 heteroatoms. The molecule has 0 aliphatic rings. The summed E-state index contributed by atoms with van der Waals surface area (Å²) in [5, 5.41) is 0.959. The lowest BCUT2D eigenvalue weighted by atomic mass is 10.1. The summed E-state index contributed by atoms with van der Waals surface area (Å²) in [6.45, 7) is 4.94. The van der Waals surface area contributed by atoms with Crippen LogP contribution in [0.3, 0.4) is 0 Å². The molecule has 0 amide bonds. The highest BCUT2D eigenvalue weighted by molar-refractivity contribution is 9.09. The molecule has 2 nitrogen and oxygen atoms in total. The lowest BCUT2D eigenvalue weighted by Gasteiger charge is -2.14. The summed E-state index contributed by atoms with van der Waals surface area (Å²) < 4.78 is 1.80. The van der Waals surface area contributed by atoms with Gasteiger partial charge in [-0.2, -0.15) is 0 Å². The molecule has 0 saturated carbocycles. The van der Waals surface area contributed by atoms with Gasteiger partial charge in [0.2, 0.25) is 0 Å². The molecule has 1 rings (SSSR count). The first-order valence-corrected chi connectivity index (χ1v) is 6.52. The van der Waals surface area contributed by atoms with E-state index in [4.69, 9.17) is 0 Å². The van der Waals surface area contributed by atoms with E-state index < -0.39 is 0 Å². The number of pyridine rings is 1. The van der Waals surface area contributed by atoms with Crippen molar-refractivity contribution in [3.05, 3.63) is 34.2 Å². The first kappa shape index (κ1) is 12.5.